The molecule has 1 spiro atoms. The lowest BCUT2D eigenvalue weighted by Gasteiger charge is -2.33. The van der Waals surface area contributed by atoms with E-state index < -0.39 is 0 Å². The van der Waals surface area contributed by atoms with Gasteiger partial charge in [-0.15, -0.1) is 12.4 Å². The summed E-state index contributed by atoms with van der Waals surface area (Å²) < 4.78 is 10.7. The van der Waals surface area contributed by atoms with Crippen molar-refractivity contribution in [3.8, 4) is 11.5 Å². The SMILES string of the molecule is COc1ccc(CCNC2=NC3=CC=CCC34N=C3CC=CC=C3C4=C2)cc1OC.Cl. The Kier molecular flexibility index (Phi) is 5.88. The van der Waals surface area contributed by atoms with Crippen LogP contribution in [-0.4, -0.2) is 37.9 Å². The molecule has 5 rings (SSSR count). The molecule has 0 saturated heterocycles. The average Bonchev–Trinajstić information content (AvgIpc) is 3.11. The number of hydrogen-bond donors (Lipinski definition) is 1. The zero-order valence-electron chi connectivity index (χ0n) is 17.7. The predicted molar refractivity (Wildman–Crippen MR) is 128 cm³/mol. The van der Waals surface area contributed by atoms with Gasteiger partial charge >= 0.3 is 0 Å². The molecule has 1 unspecified atom stereocenters. The fourth-order valence-electron chi connectivity index (χ4n) is 4.49. The van der Waals surface area contributed by atoms with Crippen LogP contribution in [0, 0.1) is 0 Å². The van der Waals surface area contributed by atoms with Crippen LogP contribution in [0.25, 0.3) is 0 Å². The van der Waals surface area contributed by atoms with Crippen molar-refractivity contribution in [2.75, 3.05) is 20.8 Å². The van der Waals surface area contributed by atoms with Crippen LogP contribution >= 0.6 is 12.4 Å². The van der Waals surface area contributed by atoms with Crippen LogP contribution in [0.15, 0.2) is 87.6 Å². The third-order valence-electron chi connectivity index (χ3n) is 6.00. The average molecular weight is 436 g/mol. The third-order valence-corrected chi connectivity index (χ3v) is 6.00. The lowest BCUT2D eigenvalue weighted by atomic mass is 9.77. The van der Waals surface area contributed by atoms with Crippen LogP contribution in [0.2, 0.25) is 0 Å². The molecule has 6 heteroatoms. The van der Waals surface area contributed by atoms with Gasteiger partial charge < -0.3 is 14.8 Å². The van der Waals surface area contributed by atoms with Crippen LogP contribution in [-0.2, 0) is 6.42 Å². The number of methoxy groups -OCH3 is 2. The van der Waals surface area contributed by atoms with Gasteiger partial charge in [0.1, 0.15) is 11.4 Å². The summed E-state index contributed by atoms with van der Waals surface area (Å²) in [6, 6.07) is 6.04. The molecule has 5 nitrogen and oxygen atoms in total. The maximum absolute atomic E-state index is 5.41. The molecule has 1 aromatic carbocycles. The molecule has 4 aliphatic rings. The molecule has 1 aromatic rings. The first-order chi connectivity index (χ1) is 14.7. The largest absolute Gasteiger partial charge is 0.493 e. The van der Waals surface area contributed by atoms with Crippen molar-refractivity contribution in [2.24, 2.45) is 9.98 Å². The minimum Gasteiger partial charge on any atom is -0.493 e. The monoisotopic (exact) mass is 435 g/mol. The van der Waals surface area contributed by atoms with E-state index in [9.17, 15) is 0 Å². The van der Waals surface area contributed by atoms with Crippen LogP contribution in [0.4, 0.5) is 0 Å². The van der Waals surface area contributed by atoms with E-state index in [1.807, 2.05) is 12.1 Å². The van der Waals surface area contributed by atoms with E-state index in [2.05, 4.69) is 53.9 Å². The van der Waals surface area contributed by atoms with Gasteiger partial charge in [-0.2, -0.15) is 0 Å². The van der Waals surface area contributed by atoms with Gasteiger partial charge in [-0.3, -0.25) is 4.99 Å². The van der Waals surface area contributed by atoms with E-state index in [0.717, 1.165) is 48.8 Å². The molecule has 1 N–H and O–H groups in total. The zero-order valence-corrected chi connectivity index (χ0v) is 18.5. The normalized spacial score (nSPS) is 22.5. The second-order valence-corrected chi connectivity index (χ2v) is 7.74. The maximum atomic E-state index is 5.41. The Bertz CT molecular complexity index is 1110. The minimum atomic E-state index is -0.337. The maximum Gasteiger partial charge on any atom is 0.160 e. The number of amidine groups is 1. The smallest absolute Gasteiger partial charge is 0.160 e. The highest BCUT2D eigenvalue weighted by Gasteiger charge is 2.47. The van der Waals surface area contributed by atoms with Crippen molar-refractivity contribution in [1.82, 2.24) is 5.32 Å². The van der Waals surface area contributed by atoms with Crippen LogP contribution in [0.5, 0.6) is 11.5 Å². The van der Waals surface area contributed by atoms with Crippen molar-refractivity contribution in [3.05, 3.63) is 83.1 Å². The Morgan fingerprint density at radius 2 is 1.90 bits per heavy atom. The molecular formula is C25H26ClN3O2. The Balaban J connectivity index is 0.00000231. The molecule has 2 aliphatic heterocycles. The fraction of sp³-hybridized carbons (Fsp3) is 0.280. The molecule has 2 aliphatic carbocycles. The number of nitrogens with zero attached hydrogens (tertiary/aromatic N) is 2. The van der Waals surface area contributed by atoms with E-state index in [0.29, 0.717) is 0 Å². The number of fused-ring (bicyclic) bond motifs is 2. The lowest BCUT2D eigenvalue weighted by molar-refractivity contribution is 0.354. The summed E-state index contributed by atoms with van der Waals surface area (Å²) in [4.78, 5) is 10.1. The van der Waals surface area contributed by atoms with Gasteiger partial charge in [-0.1, -0.05) is 36.4 Å². The second-order valence-electron chi connectivity index (χ2n) is 7.74. The molecule has 160 valence electrons. The second kappa shape index (κ2) is 8.60. The summed E-state index contributed by atoms with van der Waals surface area (Å²) in [5, 5.41) is 3.51. The number of allylic oxidation sites excluding steroid dienone is 5. The first-order valence-corrected chi connectivity index (χ1v) is 10.3. The molecule has 0 fully saturated rings. The van der Waals surface area contributed by atoms with Gasteiger partial charge in [-0.25, -0.2) is 4.99 Å². The fourth-order valence-corrected chi connectivity index (χ4v) is 4.49. The van der Waals surface area contributed by atoms with Crippen LogP contribution < -0.4 is 14.8 Å². The highest BCUT2D eigenvalue weighted by molar-refractivity contribution is 6.13. The van der Waals surface area contributed by atoms with Gasteiger partial charge in [-0.05, 0) is 41.8 Å². The molecule has 0 aromatic heterocycles. The predicted octanol–water partition coefficient (Wildman–Crippen LogP) is 4.52. The molecule has 0 radical (unpaired) electrons. The van der Waals surface area contributed by atoms with Gasteiger partial charge in [0.05, 0.1) is 19.9 Å². The third kappa shape index (κ3) is 3.63. The lowest BCUT2D eigenvalue weighted by Crippen LogP contribution is -2.36. The van der Waals surface area contributed by atoms with Gasteiger partial charge in [0.25, 0.3) is 0 Å². The molecule has 31 heavy (non-hydrogen) atoms. The standard InChI is InChI=1S/C25H25N3O2.ClH/c1-29-21-11-10-17(15-22(21)30-2)12-14-26-24-16-19-18-7-3-4-8-20(18)28-25(19)13-6-5-9-23(25)27-24;/h3-7,9-11,15-16H,8,12-14H2,1-2H3,(H,26,27);1H. The van der Waals surface area contributed by atoms with E-state index in [1.165, 1.54) is 22.4 Å². The van der Waals surface area contributed by atoms with Crippen LogP contribution in [0.3, 0.4) is 0 Å². The van der Waals surface area contributed by atoms with Gasteiger partial charge in [0.2, 0.25) is 0 Å². The van der Waals surface area contributed by atoms with E-state index in [1.54, 1.807) is 14.2 Å². The zero-order chi connectivity index (χ0) is 20.6. The number of benzene rings is 1. The van der Waals surface area contributed by atoms with E-state index >= 15 is 0 Å². The summed E-state index contributed by atoms with van der Waals surface area (Å²) in [5.41, 5.74) is 5.57. The number of aliphatic imine (C=N–C) groups is 2. The quantitative estimate of drug-likeness (QED) is 0.739. The molecule has 0 bridgehead atoms. The number of dihydropyridines is 1. The molecule has 0 amide bonds. The van der Waals surface area contributed by atoms with Crippen LogP contribution in [0.1, 0.15) is 18.4 Å². The van der Waals surface area contributed by atoms with Gasteiger partial charge in [0.15, 0.2) is 11.5 Å². The highest BCUT2D eigenvalue weighted by Crippen LogP contribution is 2.48. The number of halogens is 1. The summed E-state index contributed by atoms with van der Waals surface area (Å²) in [7, 11) is 3.31. The summed E-state index contributed by atoms with van der Waals surface area (Å²) in [5.74, 6) is 2.40. The Morgan fingerprint density at radius 3 is 2.74 bits per heavy atom. The number of rotatable bonds is 5. The number of ether oxygens (including phenoxy) is 2. The minimum absolute atomic E-state index is 0. The highest BCUT2D eigenvalue weighted by atomic mass is 35.5. The van der Waals surface area contributed by atoms with E-state index in [4.69, 9.17) is 19.5 Å². The first kappa shape index (κ1) is 21.2. The topological polar surface area (TPSA) is 55.2 Å². The van der Waals surface area contributed by atoms with Crippen molar-refractivity contribution in [2.45, 2.75) is 24.8 Å². The first-order valence-electron chi connectivity index (χ1n) is 10.3. The summed E-state index contributed by atoms with van der Waals surface area (Å²) in [6.07, 6.45) is 17.7. The van der Waals surface area contributed by atoms with Crippen molar-refractivity contribution >= 4 is 24.0 Å². The Morgan fingerprint density at radius 1 is 1.06 bits per heavy atom. The molecule has 2 heterocycles. The number of hydrogen-bond acceptors (Lipinski definition) is 5. The van der Waals surface area contributed by atoms with Crippen molar-refractivity contribution < 1.29 is 9.47 Å². The number of nitrogens with one attached hydrogen (secondary N) is 1. The Hall–Kier alpha value is -3.05. The summed E-state index contributed by atoms with van der Waals surface area (Å²) >= 11 is 0. The van der Waals surface area contributed by atoms with E-state index in [-0.39, 0.29) is 17.9 Å². The molecule has 1 atom stereocenters. The van der Waals surface area contributed by atoms with Crippen molar-refractivity contribution in [1.29, 1.82) is 0 Å². The summed E-state index contributed by atoms with van der Waals surface area (Å²) in [6.45, 7) is 0.779. The van der Waals surface area contributed by atoms with Gasteiger partial charge in [0, 0.05) is 30.7 Å². The molecule has 0 saturated carbocycles. The molecular weight excluding hydrogens is 410 g/mol. The van der Waals surface area contributed by atoms with Crippen molar-refractivity contribution in [3.63, 3.8) is 0 Å². The Labute approximate surface area is 189 Å².